The zero-order chi connectivity index (χ0) is 11.4. The first-order valence-electron chi connectivity index (χ1n) is 5.40. The van der Waals surface area contributed by atoms with Gasteiger partial charge in [0.15, 0.2) is 0 Å². The lowest BCUT2D eigenvalue weighted by molar-refractivity contribution is -0.130. The van der Waals surface area contributed by atoms with Crippen LogP contribution >= 0.6 is 0 Å². The molecule has 0 radical (unpaired) electrons. The minimum Gasteiger partial charge on any atom is -0.368 e. The first-order valence-corrected chi connectivity index (χ1v) is 5.40. The molecule has 0 unspecified atom stereocenters. The van der Waals surface area contributed by atoms with Gasteiger partial charge in [0.2, 0.25) is 5.91 Å². The molecule has 0 bridgehead atoms. The average Bonchev–Trinajstić information content (AvgIpc) is 2.81. The summed E-state index contributed by atoms with van der Waals surface area (Å²) in [4.78, 5) is 11.6. The van der Waals surface area contributed by atoms with Crippen molar-refractivity contribution < 1.29 is 13.9 Å². The second kappa shape index (κ2) is 5.07. The summed E-state index contributed by atoms with van der Waals surface area (Å²) in [6.45, 7) is 0.850. The Balaban J connectivity index is 1.87. The number of halogens is 1. The highest BCUT2D eigenvalue weighted by molar-refractivity contribution is 5.80. The number of rotatable bonds is 3. The number of hydrogen-bond donors (Lipinski definition) is 1. The van der Waals surface area contributed by atoms with Gasteiger partial charge in [-0.05, 0) is 18.9 Å². The van der Waals surface area contributed by atoms with Crippen LogP contribution < -0.4 is 5.32 Å². The van der Waals surface area contributed by atoms with E-state index in [1.165, 1.54) is 6.07 Å². The summed E-state index contributed by atoms with van der Waals surface area (Å²) >= 11 is 0. The van der Waals surface area contributed by atoms with E-state index < -0.39 is 0 Å². The van der Waals surface area contributed by atoms with E-state index in [1.54, 1.807) is 18.2 Å². The van der Waals surface area contributed by atoms with Crippen LogP contribution in [0.1, 0.15) is 18.4 Å². The van der Waals surface area contributed by atoms with Crippen LogP contribution in [0.15, 0.2) is 24.3 Å². The van der Waals surface area contributed by atoms with Gasteiger partial charge >= 0.3 is 0 Å². The number of ether oxygens (including phenoxy) is 1. The zero-order valence-corrected chi connectivity index (χ0v) is 8.91. The Labute approximate surface area is 93.6 Å². The van der Waals surface area contributed by atoms with E-state index in [2.05, 4.69) is 5.32 Å². The van der Waals surface area contributed by atoms with Crippen LogP contribution in [0.5, 0.6) is 0 Å². The Kier molecular flexibility index (Phi) is 3.51. The van der Waals surface area contributed by atoms with Crippen molar-refractivity contribution in [3.05, 3.63) is 35.6 Å². The lowest BCUT2D eigenvalue weighted by atomic mass is 10.2. The number of carbonyl (C=O) groups is 1. The monoisotopic (exact) mass is 223 g/mol. The van der Waals surface area contributed by atoms with Gasteiger partial charge in [-0.3, -0.25) is 4.79 Å². The van der Waals surface area contributed by atoms with E-state index >= 15 is 0 Å². The summed E-state index contributed by atoms with van der Waals surface area (Å²) in [7, 11) is 0. The largest absolute Gasteiger partial charge is 0.368 e. The van der Waals surface area contributed by atoms with Crippen molar-refractivity contribution in [1.82, 2.24) is 5.32 Å². The molecule has 1 amide bonds. The van der Waals surface area contributed by atoms with Gasteiger partial charge < -0.3 is 10.1 Å². The average molecular weight is 223 g/mol. The summed E-state index contributed by atoms with van der Waals surface area (Å²) in [6.07, 6.45) is 1.31. The predicted octanol–water partition coefficient (Wildman–Crippen LogP) is 1.62. The van der Waals surface area contributed by atoms with Gasteiger partial charge in [-0.2, -0.15) is 0 Å². The molecule has 1 heterocycles. The number of benzene rings is 1. The highest BCUT2D eigenvalue weighted by Gasteiger charge is 2.23. The maximum atomic E-state index is 13.2. The summed E-state index contributed by atoms with van der Waals surface area (Å²) in [6, 6.07) is 6.41. The molecule has 1 fully saturated rings. The van der Waals surface area contributed by atoms with Gasteiger partial charge in [-0.1, -0.05) is 18.2 Å². The van der Waals surface area contributed by atoms with Crippen LogP contribution in [0.3, 0.4) is 0 Å². The van der Waals surface area contributed by atoms with Crippen LogP contribution in [0.4, 0.5) is 4.39 Å². The summed E-state index contributed by atoms with van der Waals surface area (Å²) in [5, 5.41) is 2.68. The summed E-state index contributed by atoms with van der Waals surface area (Å²) in [5.74, 6) is -0.448. The molecule has 1 aromatic rings. The Hall–Kier alpha value is -1.42. The molecule has 1 atom stereocenters. The third kappa shape index (κ3) is 2.58. The van der Waals surface area contributed by atoms with E-state index in [4.69, 9.17) is 4.74 Å². The molecule has 86 valence electrons. The lowest BCUT2D eigenvalue weighted by Crippen LogP contribution is -2.33. The number of hydrogen-bond acceptors (Lipinski definition) is 2. The molecule has 3 nitrogen and oxygen atoms in total. The standard InChI is InChI=1S/C12H14FNO2/c13-10-5-2-1-4-9(10)8-14-12(15)11-6-3-7-16-11/h1-2,4-5,11H,3,6-8H2,(H,14,15)/t11-/m0/s1. The fourth-order valence-corrected chi connectivity index (χ4v) is 1.72. The maximum Gasteiger partial charge on any atom is 0.249 e. The SMILES string of the molecule is O=C(NCc1ccccc1F)[C@@H]1CCCO1. The molecule has 1 saturated heterocycles. The smallest absolute Gasteiger partial charge is 0.249 e. The molecule has 1 aliphatic heterocycles. The minimum atomic E-state index is -0.355. The molecule has 1 aromatic carbocycles. The van der Waals surface area contributed by atoms with E-state index in [0.717, 1.165) is 12.8 Å². The van der Waals surface area contributed by atoms with Gasteiger partial charge in [0.25, 0.3) is 0 Å². The Morgan fingerprint density at radius 3 is 3.00 bits per heavy atom. The molecule has 0 spiro atoms. The van der Waals surface area contributed by atoms with Crippen molar-refractivity contribution in [2.45, 2.75) is 25.5 Å². The fraction of sp³-hybridized carbons (Fsp3) is 0.417. The first kappa shape index (κ1) is 11.1. The van der Waals surface area contributed by atoms with Crippen molar-refractivity contribution >= 4 is 5.91 Å². The van der Waals surface area contributed by atoms with Crippen LogP contribution in [-0.4, -0.2) is 18.6 Å². The second-order valence-corrected chi connectivity index (χ2v) is 3.81. The molecule has 4 heteroatoms. The van der Waals surface area contributed by atoms with E-state index in [9.17, 15) is 9.18 Å². The second-order valence-electron chi connectivity index (χ2n) is 3.81. The predicted molar refractivity (Wildman–Crippen MR) is 57.2 cm³/mol. The number of nitrogens with one attached hydrogen (secondary N) is 1. The highest BCUT2D eigenvalue weighted by atomic mass is 19.1. The molecule has 1 N–H and O–H groups in total. The van der Waals surface area contributed by atoms with Gasteiger partial charge in [-0.15, -0.1) is 0 Å². The molecule has 0 aromatic heterocycles. The van der Waals surface area contributed by atoms with Crippen molar-refractivity contribution in [3.8, 4) is 0 Å². The topological polar surface area (TPSA) is 38.3 Å². The van der Waals surface area contributed by atoms with Crippen LogP contribution in [0, 0.1) is 5.82 Å². The molecular formula is C12H14FNO2. The lowest BCUT2D eigenvalue weighted by Gasteiger charge is -2.10. The molecule has 0 saturated carbocycles. The molecule has 1 aliphatic rings. The van der Waals surface area contributed by atoms with Crippen LogP contribution in [-0.2, 0) is 16.1 Å². The molecular weight excluding hydrogens is 209 g/mol. The van der Waals surface area contributed by atoms with Crippen LogP contribution in [0.2, 0.25) is 0 Å². The minimum absolute atomic E-state index is 0.152. The molecule has 2 rings (SSSR count). The zero-order valence-electron chi connectivity index (χ0n) is 8.91. The van der Waals surface area contributed by atoms with Gasteiger partial charge in [0.1, 0.15) is 11.9 Å². The van der Waals surface area contributed by atoms with Crippen molar-refractivity contribution in [2.75, 3.05) is 6.61 Å². The third-order valence-corrected chi connectivity index (χ3v) is 2.63. The Bertz CT molecular complexity index is 375. The Morgan fingerprint density at radius 2 is 2.31 bits per heavy atom. The third-order valence-electron chi connectivity index (χ3n) is 2.63. The number of carbonyl (C=O) groups excluding carboxylic acids is 1. The summed E-state index contributed by atoms with van der Waals surface area (Å²) < 4.78 is 18.5. The van der Waals surface area contributed by atoms with Gasteiger partial charge in [-0.25, -0.2) is 4.39 Å². The molecule has 16 heavy (non-hydrogen) atoms. The van der Waals surface area contributed by atoms with Gasteiger partial charge in [0, 0.05) is 18.7 Å². The van der Waals surface area contributed by atoms with Gasteiger partial charge in [0.05, 0.1) is 0 Å². The van der Waals surface area contributed by atoms with Crippen LogP contribution in [0.25, 0.3) is 0 Å². The first-order chi connectivity index (χ1) is 7.77. The van der Waals surface area contributed by atoms with E-state index in [1.807, 2.05) is 0 Å². The molecule has 0 aliphatic carbocycles. The maximum absolute atomic E-state index is 13.2. The normalized spacial score (nSPS) is 19.7. The van der Waals surface area contributed by atoms with Crippen molar-refractivity contribution in [3.63, 3.8) is 0 Å². The highest BCUT2D eigenvalue weighted by Crippen LogP contribution is 2.12. The van der Waals surface area contributed by atoms with Crippen molar-refractivity contribution in [2.24, 2.45) is 0 Å². The quantitative estimate of drug-likeness (QED) is 0.845. The van der Waals surface area contributed by atoms with E-state index in [-0.39, 0.29) is 24.4 Å². The fourth-order valence-electron chi connectivity index (χ4n) is 1.72. The summed E-state index contributed by atoms with van der Waals surface area (Å²) in [5.41, 5.74) is 0.494. The van der Waals surface area contributed by atoms with Crippen molar-refractivity contribution in [1.29, 1.82) is 0 Å². The van der Waals surface area contributed by atoms with E-state index in [0.29, 0.717) is 12.2 Å². The Morgan fingerprint density at radius 1 is 1.50 bits per heavy atom. The number of amides is 1.